The number of carbonyl (C=O) groups is 1. The molecule has 0 spiro atoms. The maximum atomic E-state index is 12.9. The van der Waals surface area contributed by atoms with Gasteiger partial charge in [-0.15, -0.1) is 0 Å². The summed E-state index contributed by atoms with van der Waals surface area (Å²) in [7, 11) is -1.97. The zero-order chi connectivity index (χ0) is 23.3. The number of nitrogens with zero attached hydrogens (tertiary/aromatic N) is 2. The third kappa shape index (κ3) is 5.60. The molecule has 1 amide bonds. The summed E-state index contributed by atoms with van der Waals surface area (Å²) in [6.07, 6.45) is 0. The molecule has 1 saturated heterocycles. The summed E-state index contributed by atoms with van der Waals surface area (Å²) in [5.41, 5.74) is 2.43. The first-order valence-corrected chi connectivity index (χ1v) is 12.2. The molecule has 0 radical (unpaired) electrons. The number of sulfonamides is 1. The number of methoxy groups -OCH3 is 1. The molecule has 7 nitrogen and oxygen atoms in total. The van der Waals surface area contributed by atoms with Gasteiger partial charge in [0.2, 0.25) is 10.0 Å². The number of benzene rings is 3. The maximum absolute atomic E-state index is 12.9. The molecule has 3 aromatic rings. The highest BCUT2D eigenvalue weighted by molar-refractivity contribution is 7.89. The average molecular weight is 466 g/mol. The largest absolute Gasteiger partial charge is 0.497 e. The predicted molar refractivity (Wildman–Crippen MR) is 128 cm³/mol. The molecule has 172 valence electrons. The number of rotatable bonds is 7. The van der Waals surface area contributed by atoms with Crippen LogP contribution in [0.2, 0.25) is 0 Å². The minimum absolute atomic E-state index is 0.148. The summed E-state index contributed by atoms with van der Waals surface area (Å²) in [5.74, 6) is 0.479. The van der Waals surface area contributed by atoms with Crippen LogP contribution in [-0.2, 0) is 16.6 Å². The molecule has 1 aliphatic rings. The fourth-order valence-corrected chi connectivity index (χ4v) is 5.19. The predicted octanol–water partition coefficient (Wildman–Crippen LogP) is 3.45. The number of para-hydroxylation sites is 1. The van der Waals surface area contributed by atoms with Gasteiger partial charge < -0.3 is 10.1 Å². The SMILES string of the molecule is COc1ccc(S(=O)(=O)N2CCN(Cc3ccc(C(=O)Nc4ccccc4)cc3)CC2)cc1. The minimum Gasteiger partial charge on any atom is -0.497 e. The normalized spacial score (nSPS) is 15.2. The Morgan fingerprint density at radius 2 is 1.52 bits per heavy atom. The molecule has 8 heteroatoms. The van der Waals surface area contributed by atoms with Crippen molar-refractivity contribution in [2.45, 2.75) is 11.4 Å². The average Bonchev–Trinajstić information content (AvgIpc) is 2.85. The van der Waals surface area contributed by atoms with Crippen LogP contribution >= 0.6 is 0 Å². The summed E-state index contributed by atoms with van der Waals surface area (Å²) < 4.78 is 32.5. The summed E-state index contributed by atoms with van der Waals surface area (Å²) in [6, 6.07) is 23.4. The third-order valence-corrected chi connectivity index (χ3v) is 7.60. The second kappa shape index (κ2) is 10.2. The molecule has 1 fully saturated rings. The number of anilines is 1. The van der Waals surface area contributed by atoms with Crippen molar-refractivity contribution in [3.63, 3.8) is 0 Å². The Balaban J connectivity index is 1.31. The van der Waals surface area contributed by atoms with Gasteiger partial charge in [-0.3, -0.25) is 9.69 Å². The highest BCUT2D eigenvalue weighted by atomic mass is 32.2. The van der Waals surface area contributed by atoms with Crippen LogP contribution < -0.4 is 10.1 Å². The van der Waals surface area contributed by atoms with Crippen LogP contribution in [0, 0.1) is 0 Å². The molecule has 1 aliphatic heterocycles. The summed E-state index contributed by atoms with van der Waals surface area (Å²) in [6.45, 7) is 2.87. The topological polar surface area (TPSA) is 79.0 Å². The lowest BCUT2D eigenvalue weighted by Crippen LogP contribution is -2.48. The molecule has 0 saturated carbocycles. The van der Waals surface area contributed by atoms with Gasteiger partial charge in [-0.2, -0.15) is 4.31 Å². The van der Waals surface area contributed by atoms with Crippen molar-refractivity contribution in [3.8, 4) is 5.75 Å². The van der Waals surface area contributed by atoms with E-state index in [-0.39, 0.29) is 10.8 Å². The Kier molecular flexibility index (Phi) is 7.08. The van der Waals surface area contributed by atoms with E-state index in [9.17, 15) is 13.2 Å². The van der Waals surface area contributed by atoms with Gasteiger partial charge in [0.1, 0.15) is 5.75 Å². The smallest absolute Gasteiger partial charge is 0.255 e. The van der Waals surface area contributed by atoms with E-state index in [4.69, 9.17) is 4.74 Å². The zero-order valence-corrected chi connectivity index (χ0v) is 19.3. The number of piperazine rings is 1. The van der Waals surface area contributed by atoms with Crippen molar-refractivity contribution in [1.29, 1.82) is 0 Å². The zero-order valence-electron chi connectivity index (χ0n) is 18.5. The monoisotopic (exact) mass is 465 g/mol. The molecule has 0 atom stereocenters. The van der Waals surface area contributed by atoms with E-state index in [0.29, 0.717) is 44.0 Å². The van der Waals surface area contributed by atoms with Gasteiger partial charge in [0.05, 0.1) is 12.0 Å². The number of carbonyl (C=O) groups excluding carboxylic acids is 1. The van der Waals surface area contributed by atoms with Crippen molar-refractivity contribution >= 4 is 21.6 Å². The van der Waals surface area contributed by atoms with Crippen LogP contribution in [0.3, 0.4) is 0 Å². The summed E-state index contributed by atoms with van der Waals surface area (Å²) >= 11 is 0. The number of hydrogen-bond donors (Lipinski definition) is 1. The van der Waals surface area contributed by atoms with E-state index in [1.807, 2.05) is 54.6 Å². The van der Waals surface area contributed by atoms with E-state index >= 15 is 0 Å². The Hall–Kier alpha value is -3.20. The number of hydrogen-bond acceptors (Lipinski definition) is 5. The molecule has 1 N–H and O–H groups in total. The van der Waals surface area contributed by atoms with Crippen molar-refractivity contribution < 1.29 is 17.9 Å². The number of amides is 1. The van der Waals surface area contributed by atoms with Crippen LogP contribution in [0.25, 0.3) is 0 Å². The van der Waals surface area contributed by atoms with Gasteiger partial charge in [-0.1, -0.05) is 30.3 Å². The summed E-state index contributed by atoms with van der Waals surface area (Å²) in [5, 5.41) is 2.88. The van der Waals surface area contributed by atoms with Crippen molar-refractivity contribution in [3.05, 3.63) is 90.0 Å². The van der Waals surface area contributed by atoms with Gasteiger partial charge in [-0.05, 0) is 54.1 Å². The van der Waals surface area contributed by atoms with Crippen molar-refractivity contribution in [2.75, 3.05) is 38.6 Å². The van der Waals surface area contributed by atoms with Crippen LogP contribution in [0.5, 0.6) is 5.75 Å². The summed E-state index contributed by atoms with van der Waals surface area (Å²) in [4.78, 5) is 14.9. The fourth-order valence-electron chi connectivity index (χ4n) is 3.77. The Morgan fingerprint density at radius 3 is 2.12 bits per heavy atom. The van der Waals surface area contributed by atoms with Crippen LogP contribution in [-0.4, -0.2) is 56.8 Å². The lowest BCUT2D eigenvalue weighted by molar-refractivity contribution is 0.102. The standard InChI is InChI=1S/C25H27N3O4S/c1-32-23-11-13-24(14-12-23)33(30,31)28-17-15-27(16-18-28)19-20-7-9-21(10-8-20)25(29)26-22-5-3-2-4-6-22/h2-14H,15-19H2,1H3,(H,26,29). The first-order chi connectivity index (χ1) is 16.0. The lowest BCUT2D eigenvalue weighted by Gasteiger charge is -2.34. The van der Waals surface area contributed by atoms with E-state index in [1.165, 1.54) is 4.31 Å². The lowest BCUT2D eigenvalue weighted by atomic mass is 10.1. The fraction of sp³-hybridized carbons (Fsp3) is 0.240. The maximum Gasteiger partial charge on any atom is 0.255 e. The Bertz CT molecular complexity index is 1170. The first kappa shape index (κ1) is 23.0. The molecular formula is C25H27N3O4S. The molecular weight excluding hydrogens is 438 g/mol. The van der Waals surface area contributed by atoms with E-state index in [1.54, 1.807) is 31.4 Å². The molecule has 0 aliphatic carbocycles. The first-order valence-electron chi connectivity index (χ1n) is 10.8. The Morgan fingerprint density at radius 1 is 0.879 bits per heavy atom. The highest BCUT2D eigenvalue weighted by Gasteiger charge is 2.28. The van der Waals surface area contributed by atoms with Crippen LogP contribution in [0.15, 0.2) is 83.8 Å². The van der Waals surface area contributed by atoms with Crippen LogP contribution in [0.4, 0.5) is 5.69 Å². The second-order valence-corrected chi connectivity index (χ2v) is 9.81. The molecule has 0 bridgehead atoms. The van der Waals surface area contributed by atoms with Gasteiger partial charge >= 0.3 is 0 Å². The Labute approximate surface area is 194 Å². The van der Waals surface area contributed by atoms with Gasteiger partial charge in [-0.25, -0.2) is 8.42 Å². The van der Waals surface area contributed by atoms with Crippen molar-refractivity contribution in [1.82, 2.24) is 9.21 Å². The molecule has 3 aromatic carbocycles. The van der Waals surface area contributed by atoms with Gasteiger partial charge in [0.15, 0.2) is 0 Å². The molecule has 1 heterocycles. The molecule has 0 unspecified atom stereocenters. The third-order valence-electron chi connectivity index (χ3n) is 5.68. The van der Waals surface area contributed by atoms with E-state index in [0.717, 1.165) is 11.3 Å². The molecule has 4 rings (SSSR count). The van der Waals surface area contributed by atoms with E-state index in [2.05, 4.69) is 10.2 Å². The number of nitrogens with one attached hydrogen (secondary N) is 1. The minimum atomic E-state index is -3.52. The van der Waals surface area contributed by atoms with Gasteiger partial charge in [0, 0.05) is 44.0 Å². The van der Waals surface area contributed by atoms with Crippen molar-refractivity contribution in [2.24, 2.45) is 0 Å². The molecule has 0 aromatic heterocycles. The molecule has 33 heavy (non-hydrogen) atoms. The van der Waals surface area contributed by atoms with Gasteiger partial charge in [0.25, 0.3) is 5.91 Å². The van der Waals surface area contributed by atoms with Crippen LogP contribution in [0.1, 0.15) is 15.9 Å². The highest BCUT2D eigenvalue weighted by Crippen LogP contribution is 2.21. The van der Waals surface area contributed by atoms with E-state index < -0.39 is 10.0 Å². The quantitative estimate of drug-likeness (QED) is 0.578. The number of ether oxygens (including phenoxy) is 1. The second-order valence-electron chi connectivity index (χ2n) is 7.87.